The minimum absolute atomic E-state index is 0.0109. The van der Waals surface area contributed by atoms with Crippen molar-refractivity contribution in [2.24, 2.45) is 34.5 Å². The number of halogens is 1. The first-order chi connectivity index (χ1) is 18.8. The first-order valence-electron chi connectivity index (χ1n) is 15.3. The van der Waals surface area contributed by atoms with Crippen LogP contribution >= 0.6 is 0 Å². The van der Waals surface area contributed by atoms with Gasteiger partial charge in [0, 0.05) is 18.8 Å². The van der Waals surface area contributed by atoms with E-state index in [1.54, 1.807) is 12.1 Å². The second-order valence-corrected chi connectivity index (χ2v) is 14.3. The molecule has 2 saturated carbocycles. The SMILES string of the molecule is C=C(CC1CCC(COC2CC(CC(C)C)(C(=O)NNC(=C)c3ccc(F)cc3)CC2C)CC1)NCC(C)(C)C. The molecule has 3 rings (SSSR count). The Hall–Kier alpha value is -2.34. The molecule has 1 aromatic carbocycles. The Balaban J connectivity index is 1.47. The highest BCUT2D eigenvalue weighted by Gasteiger charge is 2.49. The number of hydrogen-bond donors (Lipinski definition) is 3. The Morgan fingerprint density at radius 3 is 2.27 bits per heavy atom. The summed E-state index contributed by atoms with van der Waals surface area (Å²) in [6.07, 6.45) is 8.37. The number of carbonyl (C=O) groups is 1. The lowest BCUT2D eigenvalue weighted by molar-refractivity contribution is -0.133. The van der Waals surface area contributed by atoms with Gasteiger partial charge in [0.15, 0.2) is 0 Å². The zero-order valence-corrected chi connectivity index (χ0v) is 25.9. The Bertz CT molecular complexity index is 991. The Kier molecular flexibility index (Phi) is 11.3. The van der Waals surface area contributed by atoms with Gasteiger partial charge in [-0.15, -0.1) is 0 Å². The molecule has 0 radical (unpaired) electrons. The summed E-state index contributed by atoms with van der Waals surface area (Å²) in [7, 11) is 0. The zero-order valence-electron chi connectivity index (χ0n) is 25.9. The molecule has 1 aromatic rings. The molecular formula is C34H54FN3O2. The smallest absolute Gasteiger partial charge is 0.244 e. The summed E-state index contributed by atoms with van der Waals surface area (Å²) in [6, 6.07) is 6.07. The zero-order chi connectivity index (χ0) is 29.5. The van der Waals surface area contributed by atoms with Crippen LogP contribution in [0.1, 0.15) is 98.5 Å². The highest BCUT2D eigenvalue weighted by molar-refractivity contribution is 5.83. The lowest BCUT2D eigenvalue weighted by Gasteiger charge is -2.31. The maximum absolute atomic E-state index is 13.6. The van der Waals surface area contributed by atoms with E-state index in [4.69, 9.17) is 4.74 Å². The molecular weight excluding hydrogens is 501 g/mol. The van der Waals surface area contributed by atoms with Crippen molar-refractivity contribution in [1.82, 2.24) is 16.2 Å². The van der Waals surface area contributed by atoms with Crippen LogP contribution in [0.3, 0.4) is 0 Å². The summed E-state index contributed by atoms with van der Waals surface area (Å²) < 4.78 is 19.8. The average molecular weight is 556 g/mol. The maximum Gasteiger partial charge on any atom is 0.244 e. The van der Waals surface area contributed by atoms with Crippen molar-refractivity contribution in [1.29, 1.82) is 0 Å². The predicted molar refractivity (Wildman–Crippen MR) is 163 cm³/mol. The summed E-state index contributed by atoms with van der Waals surface area (Å²) in [4.78, 5) is 13.6. The van der Waals surface area contributed by atoms with Gasteiger partial charge in [0.2, 0.25) is 5.91 Å². The molecule has 2 aliphatic rings. The summed E-state index contributed by atoms with van der Waals surface area (Å²) in [5.41, 5.74) is 8.12. The highest BCUT2D eigenvalue weighted by Crippen LogP contribution is 2.48. The van der Waals surface area contributed by atoms with Crippen molar-refractivity contribution in [3.8, 4) is 0 Å². The van der Waals surface area contributed by atoms with Gasteiger partial charge in [0.1, 0.15) is 5.82 Å². The van der Waals surface area contributed by atoms with Crippen LogP contribution in [0.15, 0.2) is 43.1 Å². The van der Waals surface area contributed by atoms with Gasteiger partial charge in [0.25, 0.3) is 0 Å². The minimum Gasteiger partial charge on any atom is -0.388 e. The van der Waals surface area contributed by atoms with Crippen molar-refractivity contribution in [3.63, 3.8) is 0 Å². The van der Waals surface area contributed by atoms with Crippen LogP contribution in [-0.2, 0) is 9.53 Å². The van der Waals surface area contributed by atoms with Crippen molar-refractivity contribution in [2.75, 3.05) is 13.2 Å². The van der Waals surface area contributed by atoms with E-state index in [2.05, 4.69) is 70.9 Å². The molecule has 224 valence electrons. The molecule has 0 spiro atoms. The Labute approximate surface area is 242 Å². The number of nitrogens with one attached hydrogen (secondary N) is 3. The van der Waals surface area contributed by atoms with E-state index in [1.807, 2.05) is 0 Å². The van der Waals surface area contributed by atoms with Gasteiger partial charge in [-0.2, -0.15) is 0 Å². The molecule has 0 saturated heterocycles. The molecule has 2 aliphatic carbocycles. The second-order valence-electron chi connectivity index (χ2n) is 14.3. The molecule has 6 heteroatoms. The molecule has 3 N–H and O–H groups in total. The monoisotopic (exact) mass is 555 g/mol. The molecule has 1 amide bonds. The van der Waals surface area contributed by atoms with Crippen LogP contribution in [0.2, 0.25) is 0 Å². The summed E-state index contributed by atoms with van der Waals surface area (Å²) in [5.74, 6) is 1.70. The third kappa shape index (κ3) is 9.64. The van der Waals surface area contributed by atoms with Crippen molar-refractivity contribution >= 4 is 11.6 Å². The first kappa shape index (κ1) is 32.2. The number of hydrogen-bond acceptors (Lipinski definition) is 4. The molecule has 0 aliphatic heterocycles. The third-order valence-corrected chi connectivity index (χ3v) is 8.66. The number of carbonyl (C=O) groups excluding carboxylic acids is 1. The summed E-state index contributed by atoms with van der Waals surface area (Å²) in [5, 5.41) is 3.53. The molecule has 3 unspecified atom stereocenters. The first-order valence-corrected chi connectivity index (χ1v) is 15.3. The standard InChI is InChI=1S/C34H54FN3O2/c1-23(2)18-34(32(39)38-37-26(5)29-13-15-30(35)16-14-29)19-24(3)31(20-34)40-21-28-11-9-27(10-12-28)17-25(4)36-22-33(6,7)8/h13-16,23-24,27-28,31,36-37H,4-5,9-12,17-22H2,1-3,6-8H3,(H,38,39). The predicted octanol–water partition coefficient (Wildman–Crippen LogP) is 7.61. The van der Waals surface area contributed by atoms with Gasteiger partial charge < -0.3 is 10.1 Å². The normalized spacial score (nSPS) is 26.9. The van der Waals surface area contributed by atoms with Crippen LogP contribution in [0, 0.1) is 40.3 Å². The fourth-order valence-corrected chi connectivity index (χ4v) is 6.53. The van der Waals surface area contributed by atoms with E-state index in [0.29, 0.717) is 29.4 Å². The number of hydrazine groups is 1. The molecule has 3 atom stereocenters. The van der Waals surface area contributed by atoms with Crippen molar-refractivity contribution in [3.05, 3.63) is 54.5 Å². The molecule has 40 heavy (non-hydrogen) atoms. The number of rotatable bonds is 13. The lowest BCUT2D eigenvalue weighted by atomic mass is 9.77. The van der Waals surface area contributed by atoms with Crippen molar-refractivity contribution in [2.45, 2.75) is 99.0 Å². The largest absolute Gasteiger partial charge is 0.388 e. The lowest BCUT2D eigenvalue weighted by Crippen LogP contribution is -2.46. The van der Waals surface area contributed by atoms with Crippen molar-refractivity contribution < 1.29 is 13.9 Å². The van der Waals surface area contributed by atoms with E-state index in [9.17, 15) is 9.18 Å². The number of ether oxygens (including phenoxy) is 1. The fraction of sp³-hybridized carbons (Fsp3) is 0.676. The fourth-order valence-electron chi connectivity index (χ4n) is 6.53. The van der Waals surface area contributed by atoms with Crippen LogP contribution in [0.5, 0.6) is 0 Å². The van der Waals surface area contributed by atoms with E-state index < -0.39 is 5.41 Å². The van der Waals surface area contributed by atoms with Crippen LogP contribution in [-0.4, -0.2) is 25.2 Å². The van der Waals surface area contributed by atoms with E-state index >= 15 is 0 Å². The number of allylic oxidation sites excluding steroid dienone is 1. The van der Waals surface area contributed by atoms with Crippen LogP contribution < -0.4 is 16.2 Å². The Morgan fingerprint density at radius 2 is 1.68 bits per heavy atom. The Morgan fingerprint density at radius 1 is 1.05 bits per heavy atom. The van der Waals surface area contributed by atoms with Gasteiger partial charge in [0.05, 0.1) is 17.2 Å². The minimum atomic E-state index is -0.480. The van der Waals surface area contributed by atoms with Gasteiger partial charge in [-0.1, -0.05) is 54.7 Å². The average Bonchev–Trinajstić information content (AvgIpc) is 3.20. The topological polar surface area (TPSA) is 62.4 Å². The number of amides is 1. The molecule has 0 bridgehead atoms. The summed E-state index contributed by atoms with van der Waals surface area (Å²) >= 11 is 0. The van der Waals surface area contributed by atoms with E-state index in [1.165, 1.54) is 43.5 Å². The third-order valence-electron chi connectivity index (χ3n) is 8.66. The molecule has 0 heterocycles. The second kappa shape index (κ2) is 14.0. The van der Waals surface area contributed by atoms with Crippen LogP contribution in [0.25, 0.3) is 5.70 Å². The highest BCUT2D eigenvalue weighted by atomic mass is 19.1. The van der Waals surface area contributed by atoms with E-state index in [-0.39, 0.29) is 23.2 Å². The number of benzene rings is 1. The summed E-state index contributed by atoms with van der Waals surface area (Å²) in [6.45, 7) is 23.3. The molecule has 0 aromatic heterocycles. The maximum atomic E-state index is 13.6. The van der Waals surface area contributed by atoms with E-state index in [0.717, 1.165) is 44.4 Å². The molecule has 2 fully saturated rings. The van der Waals surface area contributed by atoms with Gasteiger partial charge in [-0.05, 0) is 110 Å². The molecule has 5 nitrogen and oxygen atoms in total. The van der Waals surface area contributed by atoms with Crippen LogP contribution in [0.4, 0.5) is 4.39 Å². The van der Waals surface area contributed by atoms with Gasteiger partial charge >= 0.3 is 0 Å². The quantitative estimate of drug-likeness (QED) is 0.219. The van der Waals surface area contributed by atoms with Gasteiger partial charge in [-0.3, -0.25) is 15.6 Å². The van der Waals surface area contributed by atoms with Gasteiger partial charge in [-0.25, -0.2) is 4.39 Å².